The average Bonchev–Trinajstić information content (AvgIpc) is 2.68. The maximum atomic E-state index is 7.82. The lowest BCUT2D eigenvalue weighted by Crippen LogP contribution is -2.24. The first kappa shape index (κ1) is 13.3. The van der Waals surface area contributed by atoms with Crippen molar-refractivity contribution in [3.63, 3.8) is 0 Å². The fourth-order valence-electron chi connectivity index (χ4n) is 2.55. The second-order valence-corrected chi connectivity index (χ2v) is 5.98. The van der Waals surface area contributed by atoms with Gasteiger partial charge < -0.3 is 10.6 Å². The molecule has 18 heavy (non-hydrogen) atoms. The summed E-state index contributed by atoms with van der Waals surface area (Å²) in [5, 5.41) is 7.82. The molecule has 1 heterocycles. The first-order chi connectivity index (χ1) is 8.54. The summed E-state index contributed by atoms with van der Waals surface area (Å²) in [5.41, 5.74) is 7.78. The van der Waals surface area contributed by atoms with E-state index in [9.17, 15) is 0 Å². The highest BCUT2D eigenvalue weighted by molar-refractivity contribution is 7.98. The van der Waals surface area contributed by atoms with Crippen molar-refractivity contribution in [3.8, 4) is 0 Å². The van der Waals surface area contributed by atoms with Crippen molar-refractivity contribution >= 4 is 23.3 Å². The fourth-order valence-corrected chi connectivity index (χ4v) is 3.18. The molecule has 0 bridgehead atoms. The van der Waals surface area contributed by atoms with Gasteiger partial charge in [-0.05, 0) is 30.2 Å². The summed E-state index contributed by atoms with van der Waals surface area (Å²) in [6.45, 7) is 6.69. The quantitative estimate of drug-likeness (QED) is 0.501. The Labute approximate surface area is 113 Å². The predicted octanol–water partition coefficient (Wildman–Crippen LogP) is 2.78. The summed E-state index contributed by atoms with van der Waals surface area (Å²) < 4.78 is 0. The molecule has 2 unspecified atom stereocenters. The van der Waals surface area contributed by atoms with Crippen molar-refractivity contribution in [2.24, 2.45) is 17.6 Å². The van der Waals surface area contributed by atoms with Crippen LogP contribution in [0.25, 0.3) is 0 Å². The number of rotatable bonds is 3. The topological polar surface area (TPSA) is 53.1 Å². The van der Waals surface area contributed by atoms with Crippen LogP contribution in [0.15, 0.2) is 23.1 Å². The molecule has 0 radical (unpaired) electrons. The van der Waals surface area contributed by atoms with E-state index in [4.69, 9.17) is 11.1 Å². The summed E-state index contributed by atoms with van der Waals surface area (Å²) in [5.74, 6) is 1.56. The Morgan fingerprint density at radius 3 is 2.44 bits per heavy atom. The van der Waals surface area contributed by atoms with Gasteiger partial charge in [0.1, 0.15) is 5.84 Å². The summed E-state index contributed by atoms with van der Waals surface area (Å²) in [7, 11) is 0. The summed E-state index contributed by atoms with van der Waals surface area (Å²) in [6, 6.07) is 6.18. The van der Waals surface area contributed by atoms with Crippen LogP contribution in [0.4, 0.5) is 5.69 Å². The van der Waals surface area contributed by atoms with E-state index in [0.717, 1.165) is 29.2 Å². The third-order valence-corrected chi connectivity index (χ3v) is 4.60. The molecular weight excluding hydrogens is 242 g/mol. The molecule has 0 saturated carbocycles. The molecule has 1 fully saturated rings. The van der Waals surface area contributed by atoms with Gasteiger partial charge in [0.05, 0.1) is 5.56 Å². The summed E-state index contributed by atoms with van der Waals surface area (Å²) in [6.07, 6.45) is 2.03. The first-order valence-electron chi connectivity index (χ1n) is 6.31. The highest BCUT2D eigenvalue weighted by Crippen LogP contribution is 2.34. The van der Waals surface area contributed by atoms with E-state index in [1.807, 2.05) is 12.3 Å². The van der Waals surface area contributed by atoms with Crippen molar-refractivity contribution in [1.82, 2.24) is 0 Å². The Bertz CT molecular complexity index is 448. The van der Waals surface area contributed by atoms with Gasteiger partial charge in [0.2, 0.25) is 0 Å². The van der Waals surface area contributed by atoms with E-state index in [2.05, 4.69) is 30.9 Å². The zero-order valence-corrected chi connectivity index (χ0v) is 12.1. The standard InChI is InChI=1S/C14H21N3S/c1-9-7-17(8-10(9)2)11-5-4-6-12(18-3)13(11)14(15)16/h4-6,9-10H,7-8H2,1-3H3,(H3,15,16). The Balaban J connectivity index is 2.42. The number of hydrogen-bond acceptors (Lipinski definition) is 3. The Kier molecular flexibility index (Phi) is 3.85. The van der Waals surface area contributed by atoms with Gasteiger partial charge >= 0.3 is 0 Å². The predicted molar refractivity (Wildman–Crippen MR) is 79.8 cm³/mol. The smallest absolute Gasteiger partial charge is 0.126 e. The second kappa shape index (κ2) is 5.22. The van der Waals surface area contributed by atoms with E-state index in [1.54, 1.807) is 11.8 Å². The summed E-state index contributed by atoms with van der Waals surface area (Å²) in [4.78, 5) is 3.46. The minimum atomic E-state index is 0.169. The molecule has 0 spiro atoms. The first-order valence-corrected chi connectivity index (χ1v) is 7.53. The SMILES string of the molecule is CSc1cccc(N2CC(C)C(C)C2)c1C(=N)N. The number of nitrogens with two attached hydrogens (primary N) is 1. The van der Waals surface area contributed by atoms with Gasteiger partial charge in [0.15, 0.2) is 0 Å². The molecule has 0 aliphatic carbocycles. The van der Waals surface area contributed by atoms with Gasteiger partial charge in [-0.15, -0.1) is 11.8 Å². The fraction of sp³-hybridized carbons (Fsp3) is 0.500. The van der Waals surface area contributed by atoms with Crippen molar-refractivity contribution in [3.05, 3.63) is 23.8 Å². The lowest BCUT2D eigenvalue weighted by Gasteiger charge is -2.23. The molecule has 3 N–H and O–H groups in total. The van der Waals surface area contributed by atoms with E-state index < -0.39 is 0 Å². The Hall–Kier alpha value is -1.16. The molecule has 2 atom stereocenters. The molecular formula is C14H21N3S. The molecule has 1 aliphatic heterocycles. The van der Waals surface area contributed by atoms with Crippen molar-refractivity contribution < 1.29 is 0 Å². The maximum Gasteiger partial charge on any atom is 0.126 e. The van der Waals surface area contributed by atoms with Crippen LogP contribution in [0.5, 0.6) is 0 Å². The number of thioether (sulfide) groups is 1. The molecule has 3 nitrogen and oxygen atoms in total. The molecule has 1 aromatic carbocycles. The van der Waals surface area contributed by atoms with Gasteiger partial charge in [-0.1, -0.05) is 19.9 Å². The minimum Gasteiger partial charge on any atom is -0.384 e. The van der Waals surface area contributed by atoms with Crippen LogP contribution in [0.1, 0.15) is 19.4 Å². The van der Waals surface area contributed by atoms with E-state index >= 15 is 0 Å². The van der Waals surface area contributed by atoms with Crippen LogP contribution in [0.2, 0.25) is 0 Å². The molecule has 98 valence electrons. The lowest BCUT2D eigenvalue weighted by atomic mass is 10.0. The van der Waals surface area contributed by atoms with Crippen molar-refractivity contribution in [2.75, 3.05) is 24.2 Å². The van der Waals surface area contributed by atoms with E-state index in [-0.39, 0.29) is 5.84 Å². The number of amidine groups is 1. The monoisotopic (exact) mass is 263 g/mol. The number of anilines is 1. The lowest BCUT2D eigenvalue weighted by molar-refractivity contribution is 0.494. The normalized spacial score (nSPS) is 23.4. The van der Waals surface area contributed by atoms with Crippen LogP contribution in [-0.2, 0) is 0 Å². The van der Waals surface area contributed by atoms with Gasteiger partial charge in [-0.25, -0.2) is 0 Å². The van der Waals surface area contributed by atoms with Crippen molar-refractivity contribution in [2.45, 2.75) is 18.7 Å². The summed E-state index contributed by atoms with van der Waals surface area (Å²) >= 11 is 1.65. The van der Waals surface area contributed by atoms with E-state index in [1.165, 1.54) is 0 Å². The van der Waals surface area contributed by atoms with Gasteiger partial charge in [0, 0.05) is 23.7 Å². The highest BCUT2D eigenvalue weighted by atomic mass is 32.2. The van der Waals surface area contributed by atoms with Crippen molar-refractivity contribution in [1.29, 1.82) is 5.41 Å². The molecule has 2 rings (SSSR count). The zero-order valence-electron chi connectivity index (χ0n) is 11.2. The van der Waals surface area contributed by atoms with Crippen LogP contribution in [0.3, 0.4) is 0 Å². The maximum absolute atomic E-state index is 7.82. The molecule has 1 aromatic rings. The highest BCUT2D eigenvalue weighted by Gasteiger charge is 2.28. The molecule has 1 saturated heterocycles. The second-order valence-electron chi connectivity index (χ2n) is 5.13. The molecule has 1 aliphatic rings. The molecule has 4 heteroatoms. The van der Waals surface area contributed by atoms with Gasteiger partial charge in [-0.2, -0.15) is 0 Å². The number of nitrogens with zero attached hydrogens (tertiary/aromatic N) is 1. The number of nitrogen functional groups attached to an aromatic ring is 1. The van der Waals surface area contributed by atoms with Crippen LogP contribution in [0, 0.1) is 17.2 Å². The van der Waals surface area contributed by atoms with Gasteiger partial charge in [-0.3, -0.25) is 5.41 Å². The van der Waals surface area contributed by atoms with E-state index in [0.29, 0.717) is 11.8 Å². The minimum absolute atomic E-state index is 0.169. The third kappa shape index (κ3) is 2.34. The number of hydrogen-bond donors (Lipinski definition) is 2. The Morgan fingerprint density at radius 2 is 1.94 bits per heavy atom. The molecule has 0 aromatic heterocycles. The Morgan fingerprint density at radius 1 is 1.33 bits per heavy atom. The van der Waals surface area contributed by atoms with Crippen LogP contribution >= 0.6 is 11.8 Å². The zero-order chi connectivity index (χ0) is 13.3. The van der Waals surface area contributed by atoms with Crippen LogP contribution < -0.4 is 10.6 Å². The average molecular weight is 263 g/mol. The number of nitrogens with one attached hydrogen (secondary N) is 1. The third-order valence-electron chi connectivity index (χ3n) is 3.82. The number of benzene rings is 1. The van der Waals surface area contributed by atoms with Crippen LogP contribution in [-0.4, -0.2) is 25.2 Å². The molecule has 0 amide bonds. The van der Waals surface area contributed by atoms with Gasteiger partial charge in [0.25, 0.3) is 0 Å². The largest absolute Gasteiger partial charge is 0.384 e.